The molecule has 0 radical (unpaired) electrons. The van der Waals surface area contributed by atoms with Gasteiger partial charge >= 0.3 is 0 Å². The summed E-state index contributed by atoms with van der Waals surface area (Å²) >= 11 is 5.86. The summed E-state index contributed by atoms with van der Waals surface area (Å²) in [6.45, 7) is 3.37. The molecule has 0 spiro atoms. The summed E-state index contributed by atoms with van der Waals surface area (Å²) in [6, 6.07) is 9.56. The maximum absolute atomic E-state index is 12.3. The Balaban J connectivity index is 2.41. The zero-order valence-corrected chi connectivity index (χ0v) is 13.6. The number of benzene rings is 2. The minimum atomic E-state index is -3.89. The van der Waals surface area contributed by atoms with E-state index in [0.29, 0.717) is 21.8 Å². The fourth-order valence-electron chi connectivity index (χ4n) is 2.02. The average Bonchev–Trinajstić information content (AvgIpc) is 2.40. The van der Waals surface area contributed by atoms with E-state index in [1.165, 1.54) is 6.07 Å². The molecule has 0 aliphatic heterocycles. The third-order valence-electron chi connectivity index (χ3n) is 3.27. The highest BCUT2D eigenvalue weighted by molar-refractivity contribution is 7.89. The molecule has 0 aliphatic rings. The molecular formula is C15H15ClN2O3S. The average molecular weight is 339 g/mol. The third-order valence-corrected chi connectivity index (χ3v) is 4.54. The van der Waals surface area contributed by atoms with Crippen LogP contribution in [0.4, 0.5) is 5.69 Å². The lowest BCUT2D eigenvalue weighted by Crippen LogP contribution is -2.17. The van der Waals surface area contributed by atoms with Crippen LogP contribution in [0.2, 0.25) is 5.02 Å². The van der Waals surface area contributed by atoms with Crippen LogP contribution in [0.25, 0.3) is 0 Å². The summed E-state index contributed by atoms with van der Waals surface area (Å²) in [5.41, 5.74) is 1.93. The molecule has 0 saturated heterocycles. The topological polar surface area (TPSA) is 89.3 Å². The van der Waals surface area contributed by atoms with Crippen LogP contribution in [-0.4, -0.2) is 14.3 Å². The molecule has 5 nitrogen and oxygen atoms in total. The standard InChI is InChI=1S/C15H15ClN2O3S/c1-9-6-11(7-14(10(9)2)22(17,20)21)15(19)18-13-5-3-4-12(16)8-13/h3-8H,1-2H3,(H,18,19)(H2,17,20,21). The lowest BCUT2D eigenvalue weighted by Gasteiger charge is -2.11. The maximum Gasteiger partial charge on any atom is 0.255 e. The normalized spacial score (nSPS) is 11.3. The summed E-state index contributed by atoms with van der Waals surface area (Å²) in [5.74, 6) is -0.435. The number of hydrogen-bond acceptors (Lipinski definition) is 3. The Kier molecular flexibility index (Phi) is 4.55. The monoisotopic (exact) mass is 338 g/mol. The van der Waals surface area contributed by atoms with Crippen molar-refractivity contribution in [1.82, 2.24) is 0 Å². The maximum atomic E-state index is 12.3. The minimum Gasteiger partial charge on any atom is -0.322 e. The second-order valence-corrected chi connectivity index (χ2v) is 6.89. The number of sulfonamides is 1. The van der Waals surface area contributed by atoms with Gasteiger partial charge in [0.05, 0.1) is 4.90 Å². The molecule has 116 valence electrons. The number of nitrogens with one attached hydrogen (secondary N) is 1. The predicted octanol–water partition coefficient (Wildman–Crippen LogP) is 2.86. The Morgan fingerprint density at radius 3 is 2.45 bits per heavy atom. The first-order valence-electron chi connectivity index (χ1n) is 6.39. The van der Waals surface area contributed by atoms with Crippen LogP contribution in [-0.2, 0) is 10.0 Å². The van der Waals surface area contributed by atoms with E-state index in [1.807, 2.05) is 0 Å². The second-order valence-electron chi connectivity index (χ2n) is 4.93. The van der Waals surface area contributed by atoms with Gasteiger partial charge in [-0.3, -0.25) is 4.79 Å². The molecule has 0 fully saturated rings. The van der Waals surface area contributed by atoms with Crippen molar-refractivity contribution >= 4 is 33.2 Å². The first kappa shape index (κ1) is 16.5. The van der Waals surface area contributed by atoms with E-state index >= 15 is 0 Å². The van der Waals surface area contributed by atoms with Crippen LogP contribution in [0.3, 0.4) is 0 Å². The van der Waals surface area contributed by atoms with Gasteiger partial charge in [0.15, 0.2) is 0 Å². The highest BCUT2D eigenvalue weighted by atomic mass is 35.5. The van der Waals surface area contributed by atoms with Crippen LogP contribution in [0.15, 0.2) is 41.3 Å². The zero-order valence-electron chi connectivity index (χ0n) is 12.1. The van der Waals surface area contributed by atoms with Crippen LogP contribution < -0.4 is 10.5 Å². The molecule has 22 heavy (non-hydrogen) atoms. The highest BCUT2D eigenvalue weighted by Crippen LogP contribution is 2.21. The Hall–Kier alpha value is -1.89. The Labute approximate surface area is 134 Å². The number of rotatable bonds is 3. The number of anilines is 1. The van der Waals surface area contributed by atoms with E-state index < -0.39 is 15.9 Å². The quantitative estimate of drug-likeness (QED) is 0.901. The van der Waals surface area contributed by atoms with Crippen LogP contribution >= 0.6 is 11.6 Å². The van der Waals surface area contributed by atoms with E-state index in [2.05, 4.69) is 5.32 Å². The zero-order chi connectivity index (χ0) is 16.5. The molecule has 0 unspecified atom stereocenters. The van der Waals surface area contributed by atoms with Crippen molar-refractivity contribution in [3.05, 3.63) is 58.1 Å². The Morgan fingerprint density at radius 2 is 1.86 bits per heavy atom. The molecule has 0 saturated carbocycles. The van der Waals surface area contributed by atoms with Crippen LogP contribution in [0.1, 0.15) is 21.5 Å². The van der Waals surface area contributed by atoms with E-state index in [1.54, 1.807) is 44.2 Å². The molecule has 2 aromatic carbocycles. The summed E-state index contributed by atoms with van der Waals surface area (Å²) < 4.78 is 23.2. The van der Waals surface area contributed by atoms with Crippen molar-refractivity contribution in [2.24, 2.45) is 5.14 Å². The van der Waals surface area contributed by atoms with Gasteiger partial charge in [0, 0.05) is 16.3 Å². The molecule has 0 atom stereocenters. The van der Waals surface area contributed by atoms with Crippen molar-refractivity contribution in [2.45, 2.75) is 18.7 Å². The number of nitrogens with two attached hydrogens (primary N) is 1. The van der Waals surface area contributed by atoms with Crippen molar-refractivity contribution in [3.8, 4) is 0 Å². The lowest BCUT2D eigenvalue weighted by molar-refractivity contribution is 0.102. The number of carbonyl (C=O) groups is 1. The van der Waals surface area contributed by atoms with Gasteiger partial charge in [0.25, 0.3) is 5.91 Å². The van der Waals surface area contributed by atoms with Gasteiger partial charge in [-0.05, 0) is 55.3 Å². The van der Waals surface area contributed by atoms with Gasteiger partial charge in [-0.1, -0.05) is 17.7 Å². The van der Waals surface area contributed by atoms with Gasteiger partial charge in [0.2, 0.25) is 10.0 Å². The number of amides is 1. The molecule has 0 bridgehead atoms. The number of halogens is 1. The molecule has 3 N–H and O–H groups in total. The Morgan fingerprint density at radius 1 is 1.18 bits per heavy atom. The van der Waals surface area contributed by atoms with Crippen molar-refractivity contribution in [2.75, 3.05) is 5.32 Å². The first-order chi connectivity index (χ1) is 10.2. The molecule has 2 aromatic rings. The smallest absolute Gasteiger partial charge is 0.255 e. The van der Waals surface area contributed by atoms with Crippen molar-refractivity contribution in [3.63, 3.8) is 0 Å². The first-order valence-corrected chi connectivity index (χ1v) is 8.32. The Bertz CT molecular complexity index is 848. The molecule has 0 aliphatic carbocycles. The van der Waals surface area contributed by atoms with E-state index in [4.69, 9.17) is 16.7 Å². The summed E-state index contributed by atoms with van der Waals surface area (Å²) in [5, 5.41) is 8.35. The van der Waals surface area contributed by atoms with Crippen molar-refractivity contribution < 1.29 is 13.2 Å². The van der Waals surface area contributed by atoms with Gasteiger partial charge < -0.3 is 5.32 Å². The molecule has 0 aromatic heterocycles. The second kappa shape index (κ2) is 6.08. The molecular weight excluding hydrogens is 324 g/mol. The van der Waals surface area contributed by atoms with E-state index in [9.17, 15) is 13.2 Å². The van der Waals surface area contributed by atoms with Crippen molar-refractivity contribution in [1.29, 1.82) is 0 Å². The summed E-state index contributed by atoms with van der Waals surface area (Å²) in [6.07, 6.45) is 0. The fourth-order valence-corrected chi connectivity index (χ4v) is 3.09. The third kappa shape index (κ3) is 3.65. The van der Waals surface area contributed by atoms with Crippen LogP contribution in [0, 0.1) is 13.8 Å². The summed E-state index contributed by atoms with van der Waals surface area (Å²) in [4.78, 5) is 12.2. The number of hydrogen-bond donors (Lipinski definition) is 2. The van der Waals surface area contributed by atoms with Crippen LogP contribution in [0.5, 0.6) is 0 Å². The molecule has 2 rings (SSSR count). The molecule has 1 amide bonds. The minimum absolute atomic E-state index is 0.0521. The number of carbonyl (C=O) groups excluding carboxylic acids is 1. The van der Waals surface area contributed by atoms with E-state index in [0.717, 1.165) is 0 Å². The van der Waals surface area contributed by atoms with Gasteiger partial charge in [-0.2, -0.15) is 0 Å². The summed E-state index contributed by atoms with van der Waals surface area (Å²) in [7, 11) is -3.89. The SMILES string of the molecule is Cc1cc(C(=O)Nc2cccc(Cl)c2)cc(S(N)(=O)=O)c1C. The van der Waals surface area contributed by atoms with Gasteiger partial charge in [-0.25, -0.2) is 13.6 Å². The number of aryl methyl sites for hydroxylation is 1. The van der Waals surface area contributed by atoms with Gasteiger partial charge in [-0.15, -0.1) is 0 Å². The molecule has 0 heterocycles. The largest absolute Gasteiger partial charge is 0.322 e. The van der Waals surface area contributed by atoms with Gasteiger partial charge in [0.1, 0.15) is 0 Å². The number of primary sulfonamides is 1. The molecule has 7 heteroatoms. The highest BCUT2D eigenvalue weighted by Gasteiger charge is 2.17. The predicted molar refractivity (Wildman–Crippen MR) is 86.7 cm³/mol. The fraction of sp³-hybridized carbons (Fsp3) is 0.133. The lowest BCUT2D eigenvalue weighted by atomic mass is 10.1. The van der Waals surface area contributed by atoms with E-state index in [-0.39, 0.29) is 10.5 Å².